The lowest BCUT2D eigenvalue weighted by molar-refractivity contribution is 0.0598. The van der Waals surface area contributed by atoms with E-state index >= 15 is 0 Å². The minimum absolute atomic E-state index is 0.276. The molecule has 4 aromatic rings. The lowest BCUT2D eigenvalue weighted by Crippen LogP contribution is -2.15. The minimum Gasteiger partial charge on any atom is -0.465 e. The molecule has 0 atom stereocenters. The number of aromatic nitrogens is 5. The molecule has 0 radical (unpaired) electrons. The van der Waals surface area contributed by atoms with E-state index < -0.39 is 0 Å². The molecule has 5 rings (SSSR count). The van der Waals surface area contributed by atoms with Gasteiger partial charge in [0.1, 0.15) is 5.39 Å². The van der Waals surface area contributed by atoms with Crippen molar-refractivity contribution in [1.29, 1.82) is 0 Å². The van der Waals surface area contributed by atoms with Gasteiger partial charge in [0.05, 0.1) is 42.5 Å². The first-order valence-electron chi connectivity index (χ1n) is 9.99. The van der Waals surface area contributed by atoms with Crippen molar-refractivity contribution in [2.45, 2.75) is 25.3 Å². The maximum atomic E-state index is 12.5. The van der Waals surface area contributed by atoms with Gasteiger partial charge in [-0.3, -0.25) is 14.8 Å². The molecule has 31 heavy (non-hydrogen) atoms. The van der Waals surface area contributed by atoms with E-state index in [9.17, 15) is 9.59 Å². The predicted molar refractivity (Wildman–Crippen MR) is 114 cm³/mol. The lowest BCUT2D eigenvalue weighted by Gasteiger charge is -2.10. The van der Waals surface area contributed by atoms with Crippen LogP contribution in [0.15, 0.2) is 53.5 Å². The fourth-order valence-corrected chi connectivity index (χ4v) is 3.50. The van der Waals surface area contributed by atoms with E-state index in [1.165, 1.54) is 13.3 Å². The second-order valence-corrected chi connectivity index (χ2v) is 7.40. The number of para-hydroxylation sites is 1. The summed E-state index contributed by atoms with van der Waals surface area (Å²) in [6.45, 7) is 0.342. The fraction of sp³-hybridized carbons (Fsp3) is 0.227. The number of methoxy groups -OCH3 is 1. The summed E-state index contributed by atoms with van der Waals surface area (Å²) in [5.41, 5.74) is 3.02. The fourth-order valence-electron chi connectivity index (χ4n) is 3.50. The predicted octanol–water partition coefficient (Wildman–Crippen LogP) is 2.78. The molecule has 1 aromatic carbocycles. The van der Waals surface area contributed by atoms with Crippen molar-refractivity contribution < 1.29 is 9.53 Å². The maximum Gasteiger partial charge on any atom is 0.339 e. The van der Waals surface area contributed by atoms with E-state index in [0.717, 1.165) is 29.9 Å². The normalized spacial score (nSPS) is 13.3. The quantitative estimate of drug-likeness (QED) is 0.465. The van der Waals surface area contributed by atoms with Gasteiger partial charge in [-0.05, 0) is 37.1 Å². The Balaban J connectivity index is 1.43. The summed E-state index contributed by atoms with van der Waals surface area (Å²) < 4.78 is 6.49. The number of nitrogens with one attached hydrogen (secondary N) is 2. The smallest absolute Gasteiger partial charge is 0.339 e. The molecule has 0 saturated heterocycles. The van der Waals surface area contributed by atoms with Gasteiger partial charge in [0, 0.05) is 5.92 Å². The summed E-state index contributed by atoms with van der Waals surface area (Å²) >= 11 is 0. The van der Waals surface area contributed by atoms with Crippen LogP contribution in [-0.4, -0.2) is 37.8 Å². The number of pyridine rings is 1. The summed E-state index contributed by atoms with van der Waals surface area (Å²) in [5.74, 6) is 0.241. The summed E-state index contributed by atoms with van der Waals surface area (Å²) in [6, 6.07) is 13.0. The van der Waals surface area contributed by atoms with Crippen molar-refractivity contribution >= 4 is 23.0 Å². The van der Waals surface area contributed by atoms with Gasteiger partial charge in [-0.15, -0.1) is 0 Å². The lowest BCUT2D eigenvalue weighted by atomic mass is 10.1. The molecule has 1 aliphatic carbocycles. The molecule has 0 bridgehead atoms. The number of carbonyl (C=O) groups excluding carboxylic acids is 1. The van der Waals surface area contributed by atoms with Crippen molar-refractivity contribution in [3.05, 3.63) is 76.0 Å². The Kier molecular flexibility index (Phi) is 4.70. The number of esters is 1. The Morgan fingerprint density at radius 1 is 1.19 bits per heavy atom. The molecule has 156 valence electrons. The average Bonchev–Trinajstić information content (AvgIpc) is 3.56. The van der Waals surface area contributed by atoms with Crippen molar-refractivity contribution in [3.8, 4) is 5.69 Å². The highest BCUT2D eigenvalue weighted by Gasteiger charge is 2.30. The summed E-state index contributed by atoms with van der Waals surface area (Å²) in [7, 11) is 1.37. The molecular formula is C22H20N6O3. The van der Waals surface area contributed by atoms with Gasteiger partial charge in [-0.25, -0.2) is 9.48 Å². The number of hydrogen-bond acceptors (Lipinski definition) is 7. The molecule has 9 nitrogen and oxygen atoms in total. The highest BCUT2D eigenvalue weighted by atomic mass is 16.5. The molecule has 1 fully saturated rings. The number of aromatic amines is 1. The van der Waals surface area contributed by atoms with E-state index in [0.29, 0.717) is 35.0 Å². The van der Waals surface area contributed by atoms with Crippen LogP contribution in [0, 0.1) is 0 Å². The molecule has 0 amide bonds. The number of ether oxygens (including phenoxy) is 1. The zero-order chi connectivity index (χ0) is 21.4. The topological polar surface area (TPSA) is 115 Å². The molecule has 9 heteroatoms. The first kappa shape index (κ1) is 19.0. The van der Waals surface area contributed by atoms with Crippen LogP contribution in [0.25, 0.3) is 16.7 Å². The molecule has 0 spiro atoms. The van der Waals surface area contributed by atoms with E-state index in [1.807, 2.05) is 30.3 Å². The first-order valence-corrected chi connectivity index (χ1v) is 9.99. The van der Waals surface area contributed by atoms with Crippen molar-refractivity contribution in [2.75, 3.05) is 12.4 Å². The van der Waals surface area contributed by atoms with Crippen LogP contribution < -0.4 is 10.9 Å². The molecule has 3 heterocycles. The molecule has 0 unspecified atom stereocenters. The van der Waals surface area contributed by atoms with Gasteiger partial charge < -0.3 is 10.1 Å². The van der Waals surface area contributed by atoms with Crippen LogP contribution in [0.2, 0.25) is 0 Å². The van der Waals surface area contributed by atoms with Crippen LogP contribution >= 0.6 is 0 Å². The summed E-state index contributed by atoms with van der Waals surface area (Å²) in [4.78, 5) is 36.5. The van der Waals surface area contributed by atoms with Crippen LogP contribution in [-0.2, 0) is 11.3 Å². The largest absolute Gasteiger partial charge is 0.465 e. The van der Waals surface area contributed by atoms with Crippen LogP contribution in [0.5, 0.6) is 0 Å². The molecule has 1 saturated carbocycles. The summed E-state index contributed by atoms with van der Waals surface area (Å²) in [6.07, 6.45) is 3.54. The van der Waals surface area contributed by atoms with E-state index in [4.69, 9.17) is 4.74 Å². The number of rotatable bonds is 6. The average molecular weight is 416 g/mol. The van der Waals surface area contributed by atoms with Gasteiger partial charge in [-0.1, -0.05) is 18.2 Å². The second kappa shape index (κ2) is 7.67. The van der Waals surface area contributed by atoms with Crippen molar-refractivity contribution in [1.82, 2.24) is 24.7 Å². The number of nitrogens with zero attached hydrogens (tertiary/aromatic N) is 4. The molecule has 3 aromatic heterocycles. The Morgan fingerprint density at radius 3 is 2.74 bits per heavy atom. The van der Waals surface area contributed by atoms with Gasteiger partial charge in [0.15, 0.2) is 5.65 Å². The number of hydrogen-bond donors (Lipinski definition) is 2. The van der Waals surface area contributed by atoms with Crippen molar-refractivity contribution in [2.24, 2.45) is 0 Å². The Bertz CT molecular complexity index is 1320. The standard InChI is InChI=1S/C22H20N6O3/c1-31-21(30)16-10-9-14(25-18(16)13-7-8-13)11-23-22-26-19-17(20(29)27-22)12-24-28(19)15-5-3-2-4-6-15/h2-6,9-10,12-13H,7-8,11H2,1H3,(H2,23,26,27,29). The number of benzene rings is 1. The SMILES string of the molecule is COC(=O)c1ccc(CNc2nc3c(cnn3-c3ccccc3)c(=O)[nH]2)nc1C1CC1. The van der Waals surface area contributed by atoms with Crippen LogP contribution in [0.3, 0.4) is 0 Å². The van der Waals surface area contributed by atoms with Gasteiger partial charge in [0.25, 0.3) is 5.56 Å². The third-order valence-corrected chi connectivity index (χ3v) is 5.23. The minimum atomic E-state index is -0.375. The van der Waals surface area contributed by atoms with E-state index in [-0.39, 0.29) is 11.5 Å². The Hall–Kier alpha value is -4.01. The van der Waals surface area contributed by atoms with Crippen molar-refractivity contribution in [3.63, 3.8) is 0 Å². The van der Waals surface area contributed by atoms with Gasteiger partial charge >= 0.3 is 5.97 Å². The highest BCUT2D eigenvalue weighted by molar-refractivity contribution is 5.90. The molecule has 1 aliphatic rings. The zero-order valence-electron chi connectivity index (χ0n) is 16.8. The number of fused-ring (bicyclic) bond motifs is 1. The first-order chi connectivity index (χ1) is 15.1. The highest BCUT2D eigenvalue weighted by Crippen LogP contribution is 2.40. The zero-order valence-corrected chi connectivity index (χ0v) is 16.8. The second-order valence-electron chi connectivity index (χ2n) is 7.40. The number of anilines is 1. The summed E-state index contributed by atoms with van der Waals surface area (Å²) in [5, 5.41) is 7.84. The molecule has 0 aliphatic heterocycles. The van der Waals surface area contributed by atoms with Gasteiger partial charge in [0.2, 0.25) is 5.95 Å². The number of carbonyl (C=O) groups is 1. The Labute approximate surface area is 177 Å². The molecular weight excluding hydrogens is 396 g/mol. The maximum absolute atomic E-state index is 12.5. The van der Waals surface area contributed by atoms with E-state index in [1.54, 1.807) is 16.8 Å². The Morgan fingerprint density at radius 2 is 2.00 bits per heavy atom. The number of H-pyrrole nitrogens is 1. The van der Waals surface area contributed by atoms with Crippen LogP contribution in [0.4, 0.5) is 5.95 Å². The third kappa shape index (κ3) is 3.65. The van der Waals surface area contributed by atoms with Gasteiger partial charge in [-0.2, -0.15) is 10.1 Å². The van der Waals surface area contributed by atoms with E-state index in [2.05, 4.69) is 25.4 Å². The monoisotopic (exact) mass is 416 g/mol. The molecule has 2 N–H and O–H groups in total. The third-order valence-electron chi connectivity index (χ3n) is 5.23. The van der Waals surface area contributed by atoms with Crippen LogP contribution in [0.1, 0.15) is 40.5 Å².